The molecule has 5 heteroatoms. The number of benzene rings is 1. The maximum Gasteiger partial charge on any atom is 0.165 e. The van der Waals surface area contributed by atoms with E-state index in [1.165, 1.54) is 30.4 Å². The van der Waals surface area contributed by atoms with Gasteiger partial charge in [-0.25, -0.2) is 0 Å². The minimum absolute atomic E-state index is 0.0334. The largest absolute Gasteiger partial charge is 0.488 e. The number of halogens is 1. The molecule has 1 N–H and O–H groups in total. The molecule has 5 atom stereocenters. The second kappa shape index (κ2) is 12.7. The van der Waals surface area contributed by atoms with Crippen molar-refractivity contribution in [2.24, 2.45) is 23.2 Å². The van der Waals surface area contributed by atoms with Gasteiger partial charge in [0.2, 0.25) is 0 Å². The highest BCUT2D eigenvalue weighted by molar-refractivity contribution is 6.18. The SMILES string of the molecule is CCc1ccc(OCCCl)c2c1[C@](CC)(C(CC[C@@H](C)C(C)(C)C)CNCC1CC1)[C@H](C(C)OC)O2. The molecule has 3 rings (SSSR count). The molecular weight excluding hydrogens is 470 g/mol. The van der Waals surface area contributed by atoms with Gasteiger partial charge in [0.25, 0.3) is 0 Å². The summed E-state index contributed by atoms with van der Waals surface area (Å²) in [6.45, 7) is 18.9. The summed E-state index contributed by atoms with van der Waals surface area (Å²) in [7, 11) is 1.81. The number of rotatable bonds is 15. The van der Waals surface area contributed by atoms with Gasteiger partial charge in [-0.3, -0.25) is 0 Å². The summed E-state index contributed by atoms with van der Waals surface area (Å²) >= 11 is 6.00. The number of methoxy groups -OCH3 is 1. The maximum atomic E-state index is 6.91. The van der Waals surface area contributed by atoms with Crippen molar-refractivity contribution in [2.45, 2.75) is 105 Å². The average molecular weight is 522 g/mol. The predicted molar refractivity (Wildman–Crippen MR) is 152 cm³/mol. The second-order valence-corrected chi connectivity index (χ2v) is 12.7. The molecule has 0 amide bonds. The molecule has 2 aliphatic rings. The molecule has 2 unspecified atom stereocenters. The number of hydrogen-bond acceptors (Lipinski definition) is 4. The lowest BCUT2D eigenvalue weighted by atomic mass is 9.61. The van der Waals surface area contributed by atoms with Crippen LogP contribution in [0.3, 0.4) is 0 Å². The van der Waals surface area contributed by atoms with Crippen LogP contribution in [0.25, 0.3) is 0 Å². The summed E-state index contributed by atoms with van der Waals surface area (Å²) < 4.78 is 19.0. The molecule has 1 saturated carbocycles. The Hall–Kier alpha value is -0.970. The van der Waals surface area contributed by atoms with E-state index in [4.69, 9.17) is 25.8 Å². The highest BCUT2D eigenvalue weighted by atomic mass is 35.5. The van der Waals surface area contributed by atoms with Crippen molar-refractivity contribution in [2.75, 3.05) is 32.7 Å². The first-order valence-electron chi connectivity index (χ1n) is 14.4. The fourth-order valence-electron chi connectivity index (χ4n) is 6.11. The molecule has 1 aromatic rings. The van der Waals surface area contributed by atoms with Gasteiger partial charge in [-0.15, -0.1) is 11.6 Å². The first-order valence-corrected chi connectivity index (χ1v) is 14.9. The van der Waals surface area contributed by atoms with Crippen LogP contribution in [0.4, 0.5) is 0 Å². The number of aryl methyl sites for hydroxylation is 1. The molecule has 206 valence electrons. The molecule has 1 aliphatic heterocycles. The lowest BCUT2D eigenvalue weighted by Gasteiger charge is -2.44. The first-order chi connectivity index (χ1) is 17.1. The zero-order valence-electron chi connectivity index (χ0n) is 24.2. The Morgan fingerprint density at radius 2 is 1.89 bits per heavy atom. The lowest BCUT2D eigenvalue weighted by Crippen LogP contribution is -2.53. The second-order valence-electron chi connectivity index (χ2n) is 12.3. The minimum Gasteiger partial charge on any atom is -0.488 e. The highest BCUT2D eigenvalue weighted by Gasteiger charge is 2.56. The van der Waals surface area contributed by atoms with Gasteiger partial charge in [0.05, 0.1) is 12.0 Å². The van der Waals surface area contributed by atoms with Crippen LogP contribution in [-0.2, 0) is 16.6 Å². The van der Waals surface area contributed by atoms with Crippen LogP contribution in [0.5, 0.6) is 11.5 Å². The van der Waals surface area contributed by atoms with Crippen LogP contribution in [0.2, 0.25) is 0 Å². The van der Waals surface area contributed by atoms with E-state index in [-0.39, 0.29) is 17.6 Å². The Morgan fingerprint density at radius 3 is 2.44 bits per heavy atom. The molecular formula is C31H52ClNO3. The van der Waals surface area contributed by atoms with E-state index >= 15 is 0 Å². The van der Waals surface area contributed by atoms with Crippen molar-refractivity contribution in [3.05, 3.63) is 23.3 Å². The Morgan fingerprint density at radius 1 is 1.17 bits per heavy atom. The predicted octanol–water partition coefficient (Wildman–Crippen LogP) is 7.39. The molecule has 1 heterocycles. The van der Waals surface area contributed by atoms with Crippen molar-refractivity contribution in [3.63, 3.8) is 0 Å². The van der Waals surface area contributed by atoms with Crippen molar-refractivity contribution in [1.29, 1.82) is 0 Å². The summed E-state index contributed by atoms with van der Waals surface area (Å²) in [5, 5.41) is 3.90. The Labute approximate surface area is 226 Å². The van der Waals surface area contributed by atoms with E-state index in [0.717, 1.165) is 49.8 Å². The fraction of sp³-hybridized carbons (Fsp3) is 0.806. The Bertz CT molecular complexity index is 834. The van der Waals surface area contributed by atoms with Crippen molar-refractivity contribution in [3.8, 4) is 11.5 Å². The molecule has 0 spiro atoms. The van der Waals surface area contributed by atoms with Gasteiger partial charge >= 0.3 is 0 Å². The molecule has 0 aromatic heterocycles. The summed E-state index contributed by atoms with van der Waals surface area (Å²) in [5.41, 5.74) is 2.87. The maximum absolute atomic E-state index is 6.91. The van der Waals surface area contributed by atoms with Gasteiger partial charge in [-0.2, -0.15) is 0 Å². The van der Waals surface area contributed by atoms with Crippen LogP contribution in [0, 0.1) is 23.2 Å². The Balaban J connectivity index is 2.09. The first kappa shape index (κ1) is 29.6. The standard InChI is InChI=1S/C31H52ClNO3/c1-9-24-14-16-26(35-18-17-32)28-27(24)31(10-2,29(36-28)22(4)34-8)25(20-33-19-23-12-13-23)15-11-21(3)30(5,6)7/h14,16,21-23,25,29,33H,9-13,15,17-20H2,1-8H3/t21-,22?,25?,29+,31+/m1/s1. The normalized spacial score (nSPS) is 24.2. The summed E-state index contributed by atoms with van der Waals surface area (Å²) in [5.74, 6) is 4.13. The monoisotopic (exact) mass is 521 g/mol. The van der Waals surface area contributed by atoms with E-state index in [9.17, 15) is 0 Å². The van der Waals surface area contributed by atoms with E-state index in [2.05, 4.69) is 65.9 Å². The van der Waals surface area contributed by atoms with Crippen LogP contribution in [-0.4, -0.2) is 44.9 Å². The third-order valence-corrected chi connectivity index (χ3v) is 9.35. The molecule has 36 heavy (non-hydrogen) atoms. The van der Waals surface area contributed by atoms with Gasteiger partial charge in [0.15, 0.2) is 11.5 Å². The molecule has 0 bridgehead atoms. The van der Waals surface area contributed by atoms with Gasteiger partial charge in [-0.1, -0.05) is 47.6 Å². The average Bonchev–Trinajstić information content (AvgIpc) is 3.62. The van der Waals surface area contributed by atoms with Crippen LogP contribution < -0.4 is 14.8 Å². The van der Waals surface area contributed by atoms with Gasteiger partial charge in [0, 0.05) is 18.1 Å². The summed E-state index contributed by atoms with van der Waals surface area (Å²) in [6.07, 6.45) is 6.98. The zero-order valence-corrected chi connectivity index (χ0v) is 25.0. The van der Waals surface area contributed by atoms with E-state index in [1.54, 1.807) is 0 Å². The number of ether oxygens (including phenoxy) is 3. The molecule has 1 fully saturated rings. The molecule has 0 saturated heterocycles. The Kier molecular flexibility index (Phi) is 10.5. The van der Waals surface area contributed by atoms with E-state index in [1.807, 2.05) is 7.11 Å². The summed E-state index contributed by atoms with van der Waals surface area (Å²) in [4.78, 5) is 0. The van der Waals surface area contributed by atoms with Crippen LogP contribution >= 0.6 is 11.6 Å². The summed E-state index contributed by atoms with van der Waals surface area (Å²) in [6, 6.07) is 4.33. The van der Waals surface area contributed by atoms with E-state index < -0.39 is 0 Å². The lowest BCUT2D eigenvalue weighted by molar-refractivity contribution is -0.0331. The van der Waals surface area contributed by atoms with Crippen molar-refractivity contribution in [1.82, 2.24) is 5.32 Å². The van der Waals surface area contributed by atoms with Crippen molar-refractivity contribution < 1.29 is 14.2 Å². The van der Waals surface area contributed by atoms with Gasteiger partial charge in [-0.05, 0) is 93.3 Å². The quantitative estimate of drug-likeness (QED) is 0.244. The number of hydrogen-bond donors (Lipinski definition) is 1. The molecule has 4 nitrogen and oxygen atoms in total. The number of nitrogens with one attached hydrogen (secondary N) is 1. The molecule has 1 aromatic carbocycles. The number of alkyl halides is 1. The van der Waals surface area contributed by atoms with Crippen LogP contribution in [0.1, 0.15) is 91.7 Å². The molecule has 0 radical (unpaired) electrons. The highest BCUT2D eigenvalue weighted by Crippen LogP contribution is 2.57. The zero-order chi connectivity index (χ0) is 26.5. The topological polar surface area (TPSA) is 39.7 Å². The van der Waals surface area contributed by atoms with Gasteiger partial charge < -0.3 is 19.5 Å². The third kappa shape index (κ3) is 6.35. The smallest absolute Gasteiger partial charge is 0.165 e. The van der Waals surface area contributed by atoms with Crippen LogP contribution in [0.15, 0.2) is 12.1 Å². The number of fused-ring (bicyclic) bond motifs is 1. The van der Waals surface area contributed by atoms with Crippen molar-refractivity contribution >= 4 is 11.6 Å². The molecule has 1 aliphatic carbocycles. The van der Waals surface area contributed by atoms with Gasteiger partial charge in [0.1, 0.15) is 12.7 Å². The third-order valence-electron chi connectivity index (χ3n) is 9.20. The minimum atomic E-state index is -0.148. The van der Waals surface area contributed by atoms with E-state index in [0.29, 0.717) is 29.7 Å². The fourth-order valence-corrected chi connectivity index (χ4v) is 6.19.